The fourth-order valence-electron chi connectivity index (χ4n) is 1.93. The lowest BCUT2D eigenvalue weighted by atomic mass is 10.1. The highest BCUT2D eigenvalue weighted by Crippen LogP contribution is 2.52. The highest BCUT2D eigenvalue weighted by atomic mass is 32.2. The van der Waals surface area contributed by atoms with E-state index in [2.05, 4.69) is 9.97 Å². The zero-order valence-electron chi connectivity index (χ0n) is 11.5. The molecule has 0 fully saturated rings. The summed E-state index contributed by atoms with van der Waals surface area (Å²) in [4.78, 5) is 8.03. The number of hydrogen-bond acceptors (Lipinski definition) is 7. The molecule has 1 aromatic heterocycles. The molecule has 1 aliphatic heterocycles. The molecule has 0 N–H and O–H groups in total. The molecular weight excluding hydrogens is 352 g/mol. The minimum Gasteiger partial charge on any atom is -0.224 e. The van der Waals surface area contributed by atoms with E-state index in [1.165, 1.54) is 6.07 Å². The summed E-state index contributed by atoms with van der Waals surface area (Å²) in [6.45, 7) is 0. The van der Waals surface area contributed by atoms with Crippen molar-refractivity contribution in [1.29, 1.82) is 15.8 Å². The van der Waals surface area contributed by atoms with Crippen LogP contribution in [-0.4, -0.2) is 9.97 Å². The summed E-state index contributed by atoms with van der Waals surface area (Å²) in [5.41, 5.74) is -0.886. The molecule has 0 amide bonds. The van der Waals surface area contributed by atoms with Crippen LogP contribution in [0.3, 0.4) is 0 Å². The Kier molecular flexibility index (Phi) is 4.18. The molecule has 0 unspecified atom stereocenters. The monoisotopic (exact) mass is 355 g/mol. The second kappa shape index (κ2) is 6.29. The van der Waals surface area contributed by atoms with Gasteiger partial charge in [0.05, 0.1) is 15.4 Å². The van der Waals surface area contributed by atoms with Crippen molar-refractivity contribution in [2.45, 2.75) is 10.1 Å². The number of rotatable bonds is 1. The molecule has 5 nitrogen and oxygen atoms in total. The van der Waals surface area contributed by atoms with Gasteiger partial charge in [-0.05, 0) is 12.1 Å². The maximum Gasteiger partial charge on any atom is 0.178 e. The standard InChI is InChI=1S/C15H3F2N5S2/c16-8-2-1-3-9(17)12(8)7(4-18)15-23-13-14(24-15)22-11(6-20)10(5-19)21-13/h1-3H. The van der Waals surface area contributed by atoms with Crippen molar-refractivity contribution in [3.05, 3.63) is 51.0 Å². The van der Waals surface area contributed by atoms with Crippen molar-refractivity contribution in [2.24, 2.45) is 0 Å². The molecule has 9 heteroatoms. The van der Waals surface area contributed by atoms with Crippen LogP contribution in [0.5, 0.6) is 0 Å². The van der Waals surface area contributed by atoms with Crippen LogP contribution in [0.4, 0.5) is 8.78 Å². The van der Waals surface area contributed by atoms with Gasteiger partial charge in [-0.3, -0.25) is 0 Å². The first-order valence-corrected chi connectivity index (χ1v) is 7.89. The smallest absolute Gasteiger partial charge is 0.178 e. The molecule has 2 aromatic rings. The number of halogens is 2. The molecule has 0 saturated carbocycles. The van der Waals surface area contributed by atoms with Crippen LogP contribution < -0.4 is 0 Å². The number of allylic oxidation sites excluding steroid dienone is 1. The van der Waals surface area contributed by atoms with E-state index in [-0.39, 0.29) is 21.2 Å². The lowest BCUT2D eigenvalue weighted by Crippen LogP contribution is -1.96. The largest absolute Gasteiger partial charge is 0.224 e. The molecule has 0 bridgehead atoms. The van der Waals surface area contributed by atoms with Gasteiger partial charge in [-0.1, -0.05) is 29.6 Å². The van der Waals surface area contributed by atoms with Crippen LogP contribution in [0, 0.1) is 45.6 Å². The van der Waals surface area contributed by atoms with E-state index in [9.17, 15) is 14.0 Å². The normalized spacial score (nSPS) is 12.0. The van der Waals surface area contributed by atoms with E-state index in [0.29, 0.717) is 10.1 Å². The zero-order chi connectivity index (χ0) is 17.3. The third kappa shape index (κ3) is 2.59. The Morgan fingerprint density at radius 2 is 1.42 bits per heavy atom. The van der Waals surface area contributed by atoms with E-state index in [1.807, 2.05) is 0 Å². The third-order valence-electron chi connectivity index (χ3n) is 2.95. The van der Waals surface area contributed by atoms with Crippen LogP contribution in [0.25, 0.3) is 5.57 Å². The molecule has 3 rings (SSSR count). The van der Waals surface area contributed by atoms with E-state index in [1.54, 1.807) is 18.2 Å². The summed E-state index contributed by atoms with van der Waals surface area (Å²) in [5.74, 6) is -1.71. The summed E-state index contributed by atoms with van der Waals surface area (Å²) in [7, 11) is 0. The zero-order valence-corrected chi connectivity index (χ0v) is 13.2. The van der Waals surface area contributed by atoms with Crippen LogP contribution in [0.1, 0.15) is 17.0 Å². The summed E-state index contributed by atoms with van der Waals surface area (Å²) in [5, 5.41) is 27.9. The summed E-state index contributed by atoms with van der Waals surface area (Å²) in [6.07, 6.45) is 0. The maximum atomic E-state index is 13.9. The van der Waals surface area contributed by atoms with Crippen molar-refractivity contribution in [3.63, 3.8) is 0 Å². The molecule has 0 radical (unpaired) electrons. The third-order valence-corrected chi connectivity index (χ3v) is 5.32. The van der Waals surface area contributed by atoms with Crippen LogP contribution in [-0.2, 0) is 0 Å². The summed E-state index contributed by atoms with van der Waals surface area (Å²) >= 11 is 1.96. The van der Waals surface area contributed by atoms with Gasteiger partial charge >= 0.3 is 0 Å². The second-order valence-corrected chi connectivity index (χ2v) is 6.59. The van der Waals surface area contributed by atoms with E-state index in [4.69, 9.17) is 10.5 Å². The minimum atomic E-state index is -0.854. The maximum absolute atomic E-state index is 13.9. The minimum absolute atomic E-state index is 0.138. The fraction of sp³-hybridized carbons (Fsp3) is 0. The van der Waals surface area contributed by atoms with Crippen molar-refractivity contribution >= 4 is 29.1 Å². The first-order chi connectivity index (χ1) is 11.6. The lowest BCUT2D eigenvalue weighted by molar-refractivity contribution is 0.577. The van der Waals surface area contributed by atoms with Crippen LogP contribution in [0.15, 0.2) is 32.5 Å². The quantitative estimate of drug-likeness (QED) is 0.721. The van der Waals surface area contributed by atoms with Crippen LogP contribution >= 0.6 is 23.5 Å². The Balaban J connectivity index is 2.14. The average Bonchev–Trinajstić information content (AvgIpc) is 2.99. The first kappa shape index (κ1) is 15.9. The highest BCUT2D eigenvalue weighted by Gasteiger charge is 2.28. The van der Waals surface area contributed by atoms with E-state index in [0.717, 1.165) is 35.7 Å². The topological polar surface area (TPSA) is 97.1 Å². The van der Waals surface area contributed by atoms with Crippen molar-refractivity contribution in [1.82, 2.24) is 9.97 Å². The SMILES string of the molecule is N#CC(=C1Sc2nc(C#N)c(C#N)nc2S1)c1c(F)cccc1F. The second-order valence-electron chi connectivity index (χ2n) is 4.33. The number of nitriles is 3. The molecule has 24 heavy (non-hydrogen) atoms. The first-order valence-electron chi connectivity index (χ1n) is 6.25. The molecule has 0 spiro atoms. The molecule has 114 valence electrons. The predicted octanol–water partition coefficient (Wildman–Crippen LogP) is 3.59. The van der Waals surface area contributed by atoms with Gasteiger partial charge in [0.2, 0.25) is 0 Å². The summed E-state index contributed by atoms with van der Waals surface area (Å²) < 4.78 is 28.2. The number of thioether (sulfide) groups is 2. The lowest BCUT2D eigenvalue weighted by Gasteiger charge is -2.05. The molecule has 2 heterocycles. The average molecular weight is 355 g/mol. The van der Waals surface area contributed by atoms with Gasteiger partial charge < -0.3 is 0 Å². The molecule has 0 atom stereocenters. The molecular formula is C15H3F2N5S2. The van der Waals surface area contributed by atoms with Gasteiger partial charge in [0.15, 0.2) is 11.4 Å². The van der Waals surface area contributed by atoms with Gasteiger partial charge in [0.25, 0.3) is 0 Å². The Bertz CT molecular complexity index is 963. The number of fused-ring (bicyclic) bond motifs is 1. The summed E-state index contributed by atoms with van der Waals surface area (Å²) in [6, 6.07) is 8.67. The van der Waals surface area contributed by atoms with Crippen molar-refractivity contribution in [3.8, 4) is 18.2 Å². The molecule has 1 aromatic carbocycles. The van der Waals surface area contributed by atoms with Gasteiger partial charge in [-0.15, -0.1) is 0 Å². The molecule has 0 saturated heterocycles. The highest BCUT2D eigenvalue weighted by molar-refractivity contribution is 8.24. The predicted molar refractivity (Wildman–Crippen MR) is 82.1 cm³/mol. The van der Waals surface area contributed by atoms with Gasteiger partial charge in [-0.25, -0.2) is 18.7 Å². The van der Waals surface area contributed by atoms with Gasteiger partial charge in [0, 0.05) is 0 Å². The number of benzene rings is 1. The van der Waals surface area contributed by atoms with Gasteiger partial charge in [0.1, 0.15) is 39.9 Å². The Labute approximate surface area is 143 Å². The van der Waals surface area contributed by atoms with Crippen molar-refractivity contribution in [2.75, 3.05) is 0 Å². The van der Waals surface area contributed by atoms with Gasteiger partial charge in [-0.2, -0.15) is 15.8 Å². The van der Waals surface area contributed by atoms with E-state index >= 15 is 0 Å². The molecule has 0 aliphatic carbocycles. The number of nitrogens with zero attached hydrogens (tertiary/aromatic N) is 5. The Hall–Kier alpha value is -2.93. The fourth-order valence-corrected chi connectivity index (χ4v) is 4.21. The van der Waals surface area contributed by atoms with Crippen molar-refractivity contribution < 1.29 is 8.78 Å². The molecule has 1 aliphatic rings. The number of hydrogen-bond donors (Lipinski definition) is 0. The van der Waals surface area contributed by atoms with Crippen LogP contribution in [0.2, 0.25) is 0 Å². The number of aromatic nitrogens is 2. The Morgan fingerprint density at radius 1 is 0.917 bits per heavy atom. The van der Waals surface area contributed by atoms with E-state index < -0.39 is 17.2 Å². The Morgan fingerprint density at radius 3 is 1.83 bits per heavy atom.